The first kappa shape index (κ1) is 25.5. The Kier molecular flexibility index (Phi) is 7.51. The van der Waals surface area contributed by atoms with Crippen molar-refractivity contribution in [1.29, 1.82) is 0 Å². The summed E-state index contributed by atoms with van der Waals surface area (Å²) >= 11 is 0. The van der Waals surface area contributed by atoms with Crippen molar-refractivity contribution >= 4 is 23.4 Å². The molecule has 36 heavy (non-hydrogen) atoms. The number of carbonyl (C=O) groups is 3. The van der Waals surface area contributed by atoms with Gasteiger partial charge in [-0.25, -0.2) is 0 Å². The van der Waals surface area contributed by atoms with Crippen LogP contribution in [0.1, 0.15) is 73.3 Å². The lowest BCUT2D eigenvalue weighted by Gasteiger charge is -2.43. The van der Waals surface area contributed by atoms with E-state index in [9.17, 15) is 14.4 Å². The highest BCUT2D eigenvalue weighted by molar-refractivity contribution is 6.06. The number of benzene rings is 1. The van der Waals surface area contributed by atoms with Gasteiger partial charge in [-0.3, -0.25) is 19.1 Å². The van der Waals surface area contributed by atoms with E-state index < -0.39 is 11.4 Å². The summed E-state index contributed by atoms with van der Waals surface area (Å²) in [6, 6.07) is 6.67. The number of fused-ring (bicyclic) bond motifs is 1. The van der Waals surface area contributed by atoms with Gasteiger partial charge in [0.15, 0.2) is 5.69 Å². The predicted molar refractivity (Wildman–Crippen MR) is 134 cm³/mol. The first-order valence-electron chi connectivity index (χ1n) is 12.5. The summed E-state index contributed by atoms with van der Waals surface area (Å²) in [5, 5.41) is 10.4. The number of nitrogens with zero attached hydrogens (tertiary/aromatic N) is 3. The van der Waals surface area contributed by atoms with Crippen molar-refractivity contribution in [2.45, 2.75) is 70.5 Å². The number of rotatable bonds is 9. The molecule has 1 saturated carbocycles. The van der Waals surface area contributed by atoms with Crippen LogP contribution >= 0.6 is 0 Å². The van der Waals surface area contributed by atoms with E-state index in [2.05, 4.69) is 15.7 Å². The molecule has 1 fully saturated rings. The Balaban J connectivity index is 1.60. The van der Waals surface area contributed by atoms with Gasteiger partial charge >= 0.3 is 0 Å². The summed E-state index contributed by atoms with van der Waals surface area (Å²) in [5.74, 6) is 0.0756. The van der Waals surface area contributed by atoms with Crippen molar-refractivity contribution < 1.29 is 23.9 Å². The zero-order valence-corrected chi connectivity index (χ0v) is 21.4. The standard InChI is InChI=1S/C26H35N5O5/c1-5-6-13-30-24(33)21-15-20(23(32)28-19-12-11-18(35-3)14-22(19)36-4)29-31(21)16-26(30,2)25(34)27-17-9-7-8-10-17/h11-12,14-15,17H,5-10,13,16H2,1-4H3,(H,27,34)(H,28,32)/t26-/m0/s1. The molecule has 2 aromatic rings. The largest absolute Gasteiger partial charge is 0.497 e. The molecule has 0 spiro atoms. The van der Waals surface area contributed by atoms with E-state index in [1.807, 2.05) is 6.92 Å². The number of unbranched alkanes of at least 4 members (excludes halogenated alkanes) is 1. The van der Waals surface area contributed by atoms with Crippen LogP contribution < -0.4 is 20.1 Å². The molecule has 0 radical (unpaired) electrons. The second-order valence-electron chi connectivity index (χ2n) is 9.63. The average Bonchev–Trinajstić information content (AvgIpc) is 3.54. The van der Waals surface area contributed by atoms with Crippen molar-refractivity contribution in [3.8, 4) is 11.5 Å². The molecule has 2 aliphatic rings. The van der Waals surface area contributed by atoms with E-state index in [4.69, 9.17) is 9.47 Å². The Morgan fingerprint density at radius 3 is 2.58 bits per heavy atom. The molecular weight excluding hydrogens is 462 g/mol. The molecular formula is C26H35N5O5. The van der Waals surface area contributed by atoms with Gasteiger partial charge in [-0.2, -0.15) is 5.10 Å². The topological polar surface area (TPSA) is 115 Å². The van der Waals surface area contributed by atoms with Gasteiger partial charge in [-0.15, -0.1) is 0 Å². The molecule has 1 aromatic carbocycles. The molecule has 10 heteroatoms. The maximum atomic E-state index is 13.6. The van der Waals surface area contributed by atoms with Gasteiger partial charge in [0.2, 0.25) is 5.91 Å². The molecule has 1 aliphatic carbocycles. The van der Waals surface area contributed by atoms with Crippen LogP contribution in [0.4, 0.5) is 5.69 Å². The van der Waals surface area contributed by atoms with Crippen LogP contribution in [0.15, 0.2) is 24.3 Å². The van der Waals surface area contributed by atoms with Crippen LogP contribution in [0.2, 0.25) is 0 Å². The second-order valence-corrected chi connectivity index (χ2v) is 9.63. The van der Waals surface area contributed by atoms with E-state index in [1.54, 1.807) is 37.1 Å². The third kappa shape index (κ3) is 4.89. The molecule has 194 valence electrons. The Morgan fingerprint density at radius 2 is 1.92 bits per heavy atom. The van der Waals surface area contributed by atoms with Gasteiger partial charge in [-0.05, 0) is 38.3 Å². The number of anilines is 1. The van der Waals surface area contributed by atoms with Crippen LogP contribution in [0.3, 0.4) is 0 Å². The number of aromatic nitrogens is 2. The molecule has 2 N–H and O–H groups in total. The highest BCUT2D eigenvalue weighted by Crippen LogP contribution is 2.31. The number of hydrogen-bond donors (Lipinski definition) is 2. The summed E-state index contributed by atoms with van der Waals surface area (Å²) in [6.07, 6.45) is 5.77. The quantitative estimate of drug-likeness (QED) is 0.550. The highest BCUT2D eigenvalue weighted by Gasteiger charge is 2.48. The van der Waals surface area contributed by atoms with Crippen molar-refractivity contribution in [1.82, 2.24) is 20.0 Å². The molecule has 3 amide bonds. The molecule has 1 aromatic heterocycles. The predicted octanol–water partition coefficient (Wildman–Crippen LogP) is 3.23. The molecule has 0 saturated heterocycles. The fraction of sp³-hybridized carbons (Fsp3) is 0.538. The number of hydrogen-bond acceptors (Lipinski definition) is 6. The lowest BCUT2D eigenvalue weighted by atomic mass is 9.94. The van der Waals surface area contributed by atoms with Gasteiger partial charge in [0, 0.05) is 24.7 Å². The lowest BCUT2D eigenvalue weighted by Crippen LogP contribution is -2.65. The molecule has 0 unspecified atom stereocenters. The highest BCUT2D eigenvalue weighted by atomic mass is 16.5. The number of methoxy groups -OCH3 is 2. The summed E-state index contributed by atoms with van der Waals surface area (Å²) in [7, 11) is 3.05. The third-order valence-corrected chi connectivity index (χ3v) is 7.10. The van der Waals surface area contributed by atoms with Crippen molar-refractivity contribution in [3.63, 3.8) is 0 Å². The smallest absolute Gasteiger partial charge is 0.276 e. The average molecular weight is 498 g/mol. The molecule has 0 bridgehead atoms. The zero-order valence-electron chi connectivity index (χ0n) is 21.4. The maximum absolute atomic E-state index is 13.6. The Morgan fingerprint density at radius 1 is 1.17 bits per heavy atom. The molecule has 1 aliphatic heterocycles. The van der Waals surface area contributed by atoms with E-state index in [-0.39, 0.29) is 30.1 Å². The van der Waals surface area contributed by atoms with Gasteiger partial charge in [0.25, 0.3) is 11.8 Å². The van der Waals surface area contributed by atoms with Crippen LogP contribution in [-0.4, -0.2) is 64.7 Å². The van der Waals surface area contributed by atoms with Crippen molar-refractivity contribution in [2.24, 2.45) is 0 Å². The zero-order chi connectivity index (χ0) is 25.9. The SMILES string of the molecule is CCCCN1C(=O)c2cc(C(=O)Nc3ccc(OC)cc3OC)nn2C[C@@]1(C)C(=O)NC1CCCC1. The normalized spacial score (nSPS) is 19.7. The van der Waals surface area contributed by atoms with Crippen molar-refractivity contribution in [3.05, 3.63) is 35.7 Å². The van der Waals surface area contributed by atoms with E-state index in [0.717, 1.165) is 38.5 Å². The first-order valence-corrected chi connectivity index (χ1v) is 12.5. The van der Waals surface area contributed by atoms with Crippen LogP contribution in [0.5, 0.6) is 11.5 Å². The minimum atomic E-state index is -1.10. The minimum absolute atomic E-state index is 0.0899. The van der Waals surface area contributed by atoms with Gasteiger partial charge in [0.05, 0.1) is 26.5 Å². The second kappa shape index (κ2) is 10.6. The summed E-state index contributed by atoms with van der Waals surface area (Å²) in [6.45, 7) is 4.47. The summed E-state index contributed by atoms with van der Waals surface area (Å²) in [5.41, 5.74) is -0.261. The third-order valence-electron chi connectivity index (χ3n) is 7.10. The Hall–Kier alpha value is -3.56. The molecule has 10 nitrogen and oxygen atoms in total. The van der Waals surface area contributed by atoms with Gasteiger partial charge < -0.3 is 25.0 Å². The molecule has 1 atom stereocenters. The van der Waals surface area contributed by atoms with Crippen molar-refractivity contribution in [2.75, 3.05) is 26.1 Å². The van der Waals surface area contributed by atoms with Gasteiger partial charge in [0.1, 0.15) is 22.7 Å². The monoisotopic (exact) mass is 497 g/mol. The van der Waals surface area contributed by atoms with Crippen LogP contribution in [-0.2, 0) is 11.3 Å². The minimum Gasteiger partial charge on any atom is -0.497 e. The van der Waals surface area contributed by atoms with E-state index >= 15 is 0 Å². The molecule has 2 heterocycles. The first-order chi connectivity index (χ1) is 17.3. The van der Waals surface area contributed by atoms with Crippen LogP contribution in [0, 0.1) is 0 Å². The lowest BCUT2D eigenvalue weighted by molar-refractivity contribution is -0.133. The Labute approximate surface area is 211 Å². The number of nitrogens with one attached hydrogen (secondary N) is 2. The van der Waals surface area contributed by atoms with Gasteiger partial charge in [-0.1, -0.05) is 26.2 Å². The summed E-state index contributed by atoms with van der Waals surface area (Å²) < 4.78 is 12.0. The Bertz CT molecular complexity index is 1140. The molecule has 4 rings (SSSR count). The fourth-order valence-corrected chi connectivity index (χ4v) is 4.92. The van der Waals surface area contributed by atoms with E-state index in [0.29, 0.717) is 29.4 Å². The fourth-order valence-electron chi connectivity index (χ4n) is 4.92. The summed E-state index contributed by atoms with van der Waals surface area (Å²) in [4.78, 5) is 41.7. The van der Waals surface area contributed by atoms with Crippen LogP contribution in [0.25, 0.3) is 0 Å². The number of amides is 3. The number of ether oxygens (including phenoxy) is 2. The maximum Gasteiger partial charge on any atom is 0.276 e. The number of carbonyl (C=O) groups excluding carboxylic acids is 3. The van der Waals surface area contributed by atoms with E-state index in [1.165, 1.54) is 17.9 Å².